The zero-order chi connectivity index (χ0) is 27.8. The van der Waals surface area contributed by atoms with Crippen LogP contribution in [0, 0.1) is 0 Å². The predicted octanol–water partition coefficient (Wildman–Crippen LogP) is 6.33. The molecular weight excluding hydrogens is 492 g/mol. The van der Waals surface area contributed by atoms with Gasteiger partial charge in [-0.2, -0.15) is 0 Å². The van der Waals surface area contributed by atoms with Gasteiger partial charge in [0.15, 0.2) is 6.61 Å². The lowest BCUT2D eigenvalue weighted by molar-refractivity contribution is -0.132. The Morgan fingerprint density at radius 2 is 1.82 bits per heavy atom. The van der Waals surface area contributed by atoms with E-state index in [4.69, 9.17) is 14.2 Å². The minimum atomic E-state index is -0.346. The van der Waals surface area contributed by atoms with Crippen LogP contribution in [0.2, 0.25) is 0 Å². The van der Waals surface area contributed by atoms with Crippen LogP contribution in [0.5, 0.6) is 5.75 Å². The van der Waals surface area contributed by atoms with E-state index in [-0.39, 0.29) is 18.5 Å². The number of amides is 1. The van der Waals surface area contributed by atoms with Crippen molar-refractivity contribution in [1.82, 2.24) is 9.47 Å². The number of hydrogen-bond donors (Lipinski definition) is 0. The Hall–Kier alpha value is -3.32. The third-order valence-corrected chi connectivity index (χ3v) is 7.81. The highest BCUT2D eigenvalue weighted by Crippen LogP contribution is 2.45. The average Bonchev–Trinajstić information content (AvgIpc) is 3.27. The Labute approximate surface area is 232 Å². The Kier molecular flexibility index (Phi) is 10.0. The van der Waals surface area contributed by atoms with Crippen molar-refractivity contribution in [3.05, 3.63) is 53.6 Å². The Morgan fingerprint density at radius 3 is 2.56 bits per heavy atom. The number of unbranched alkanes of at least 4 members (excludes halogenated alkanes) is 1. The van der Waals surface area contributed by atoms with Crippen LogP contribution in [0.25, 0.3) is 22.2 Å². The van der Waals surface area contributed by atoms with Gasteiger partial charge in [0.1, 0.15) is 5.75 Å². The summed E-state index contributed by atoms with van der Waals surface area (Å²) in [6.45, 7) is 3.86. The summed E-state index contributed by atoms with van der Waals surface area (Å²) in [5, 5.41) is 1.15. The highest BCUT2D eigenvalue weighted by molar-refractivity contribution is 5.99. The number of methoxy groups -OCH3 is 1. The van der Waals surface area contributed by atoms with Crippen LogP contribution in [0.15, 0.2) is 42.5 Å². The molecule has 0 aliphatic heterocycles. The van der Waals surface area contributed by atoms with Gasteiger partial charge in [-0.05, 0) is 55.0 Å². The minimum absolute atomic E-state index is 0.0440. The molecule has 2 aromatic carbocycles. The molecule has 7 heteroatoms. The van der Waals surface area contributed by atoms with Gasteiger partial charge < -0.3 is 23.7 Å². The molecule has 1 fully saturated rings. The van der Waals surface area contributed by atoms with Crippen LogP contribution in [-0.4, -0.2) is 61.9 Å². The Morgan fingerprint density at radius 1 is 1.05 bits per heavy atom. The zero-order valence-corrected chi connectivity index (χ0v) is 23.8. The molecule has 3 aromatic rings. The highest BCUT2D eigenvalue weighted by Gasteiger charge is 2.27. The van der Waals surface area contributed by atoms with Crippen LogP contribution in [-0.2, 0) is 21.3 Å². The highest BCUT2D eigenvalue weighted by atomic mass is 16.5. The van der Waals surface area contributed by atoms with E-state index >= 15 is 0 Å². The third kappa shape index (κ3) is 6.64. The monoisotopic (exact) mass is 534 g/mol. The number of carbonyl (C=O) groups excluding carboxylic acids is 2. The number of carbonyl (C=O) groups is 2. The summed E-state index contributed by atoms with van der Waals surface area (Å²) < 4.78 is 18.9. The van der Waals surface area contributed by atoms with Crippen molar-refractivity contribution in [3.8, 4) is 17.0 Å². The van der Waals surface area contributed by atoms with E-state index in [1.165, 1.54) is 31.9 Å². The second-order valence-corrected chi connectivity index (χ2v) is 10.4. The van der Waals surface area contributed by atoms with Gasteiger partial charge in [0.2, 0.25) is 0 Å². The molecule has 1 amide bonds. The van der Waals surface area contributed by atoms with Crippen LogP contribution in [0.1, 0.15) is 73.7 Å². The smallest absolute Gasteiger partial charge is 0.337 e. The van der Waals surface area contributed by atoms with Gasteiger partial charge >= 0.3 is 5.97 Å². The van der Waals surface area contributed by atoms with E-state index in [1.54, 1.807) is 11.9 Å². The fraction of sp³-hybridized carbons (Fsp3) is 0.500. The fourth-order valence-corrected chi connectivity index (χ4v) is 5.55. The molecule has 0 atom stereocenters. The molecule has 1 saturated carbocycles. The Bertz CT molecular complexity index is 1280. The molecule has 0 spiro atoms. The largest absolute Gasteiger partial charge is 0.483 e. The summed E-state index contributed by atoms with van der Waals surface area (Å²) >= 11 is 0. The molecule has 4 rings (SSSR count). The number of aromatic nitrogens is 1. The van der Waals surface area contributed by atoms with Crippen molar-refractivity contribution in [1.29, 1.82) is 0 Å². The molecule has 1 aliphatic rings. The summed E-state index contributed by atoms with van der Waals surface area (Å²) in [6.07, 6.45) is 8.08. The van der Waals surface area contributed by atoms with Crippen molar-refractivity contribution < 1.29 is 23.8 Å². The standard InChI is InChI=1S/C32H42N2O5/c1-5-6-19-38-20-18-33(2)29(35)22-39-28-15-11-10-14-26(28)31-30(23-12-8-7-9-13-23)25-17-16-24(32(36)37-4)21-27(25)34(31)3/h10-11,14-17,21,23H,5-9,12-13,18-20,22H2,1-4H3. The lowest BCUT2D eigenvalue weighted by atomic mass is 9.81. The number of esters is 1. The van der Waals surface area contributed by atoms with Gasteiger partial charge in [0.25, 0.3) is 5.91 Å². The van der Waals surface area contributed by atoms with Gasteiger partial charge in [-0.1, -0.05) is 50.8 Å². The minimum Gasteiger partial charge on any atom is -0.483 e. The maximum atomic E-state index is 12.8. The van der Waals surface area contributed by atoms with Crippen LogP contribution >= 0.6 is 0 Å². The number of benzene rings is 2. The van der Waals surface area contributed by atoms with Gasteiger partial charge in [-0.3, -0.25) is 4.79 Å². The van der Waals surface area contributed by atoms with Gasteiger partial charge in [0.05, 0.1) is 25.0 Å². The summed E-state index contributed by atoms with van der Waals surface area (Å²) in [7, 11) is 5.23. The quantitative estimate of drug-likeness (QED) is 0.201. The molecule has 1 aliphatic carbocycles. The lowest BCUT2D eigenvalue weighted by Crippen LogP contribution is -2.34. The van der Waals surface area contributed by atoms with Gasteiger partial charge in [0, 0.05) is 43.7 Å². The number of rotatable bonds is 12. The molecule has 0 saturated heterocycles. The topological polar surface area (TPSA) is 70.0 Å². The second kappa shape index (κ2) is 13.7. The van der Waals surface area contributed by atoms with Gasteiger partial charge in [-0.15, -0.1) is 0 Å². The van der Waals surface area contributed by atoms with E-state index in [1.807, 2.05) is 37.4 Å². The lowest BCUT2D eigenvalue weighted by Gasteiger charge is -2.24. The maximum absolute atomic E-state index is 12.8. The van der Waals surface area contributed by atoms with Crippen LogP contribution in [0.3, 0.4) is 0 Å². The fourth-order valence-electron chi connectivity index (χ4n) is 5.55. The SMILES string of the molecule is CCCCOCCN(C)C(=O)COc1ccccc1-c1c(C2CCCCC2)c2ccc(C(=O)OC)cc2n1C. The van der Waals surface area contributed by atoms with Crippen molar-refractivity contribution in [2.45, 2.75) is 57.8 Å². The first-order chi connectivity index (χ1) is 19.0. The predicted molar refractivity (Wildman–Crippen MR) is 154 cm³/mol. The zero-order valence-electron chi connectivity index (χ0n) is 23.8. The molecule has 0 unspecified atom stereocenters. The molecule has 7 nitrogen and oxygen atoms in total. The summed E-state index contributed by atoms with van der Waals surface area (Å²) in [4.78, 5) is 26.8. The van der Waals surface area contributed by atoms with E-state index in [9.17, 15) is 9.59 Å². The molecule has 0 bridgehead atoms. The first-order valence-electron chi connectivity index (χ1n) is 14.2. The van der Waals surface area contributed by atoms with Gasteiger partial charge in [-0.25, -0.2) is 4.79 Å². The first-order valence-corrected chi connectivity index (χ1v) is 14.2. The number of aryl methyl sites for hydroxylation is 1. The van der Waals surface area contributed by atoms with E-state index < -0.39 is 0 Å². The molecule has 39 heavy (non-hydrogen) atoms. The number of likely N-dealkylation sites (N-methyl/N-ethyl adjacent to an activating group) is 1. The van der Waals surface area contributed by atoms with Crippen molar-refractivity contribution in [3.63, 3.8) is 0 Å². The first kappa shape index (κ1) is 28.7. The number of para-hydroxylation sites is 1. The maximum Gasteiger partial charge on any atom is 0.337 e. The average molecular weight is 535 g/mol. The van der Waals surface area contributed by atoms with E-state index in [0.29, 0.717) is 30.4 Å². The molecule has 1 aromatic heterocycles. The summed E-state index contributed by atoms with van der Waals surface area (Å²) in [5.74, 6) is 0.668. The van der Waals surface area contributed by atoms with Crippen molar-refractivity contribution in [2.24, 2.45) is 7.05 Å². The molecule has 0 radical (unpaired) electrons. The number of nitrogens with zero attached hydrogens (tertiary/aromatic N) is 2. The molecule has 1 heterocycles. The number of hydrogen-bond acceptors (Lipinski definition) is 5. The summed E-state index contributed by atoms with van der Waals surface area (Å²) in [6, 6.07) is 13.8. The molecule has 0 N–H and O–H groups in total. The number of ether oxygens (including phenoxy) is 3. The van der Waals surface area contributed by atoms with Crippen LogP contribution in [0.4, 0.5) is 0 Å². The van der Waals surface area contributed by atoms with Crippen molar-refractivity contribution >= 4 is 22.8 Å². The van der Waals surface area contributed by atoms with E-state index in [0.717, 1.165) is 54.5 Å². The molecular formula is C32H42N2O5. The number of fused-ring (bicyclic) bond motifs is 1. The van der Waals surface area contributed by atoms with E-state index in [2.05, 4.69) is 23.6 Å². The summed E-state index contributed by atoms with van der Waals surface area (Å²) in [5.41, 5.74) is 4.85. The van der Waals surface area contributed by atoms with Crippen LogP contribution < -0.4 is 4.74 Å². The normalized spacial score (nSPS) is 13.9. The van der Waals surface area contributed by atoms with Crippen molar-refractivity contribution in [2.75, 3.05) is 40.5 Å². The Balaban J connectivity index is 1.64. The molecule has 210 valence electrons. The third-order valence-electron chi connectivity index (χ3n) is 7.81. The second-order valence-electron chi connectivity index (χ2n) is 10.4.